The third-order valence-electron chi connectivity index (χ3n) is 2.17. The van der Waals surface area contributed by atoms with Gasteiger partial charge in [0.1, 0.15) is 5.69 Å². The van der Waals surface area contributed by atoms with Crippen LogP contribution in [0.3, 0.4) is 0 Å². The summed E-state index contributed by atoms with van der Waals surface area (Å²) in [5.41, 5.74) is 5.53. The van der Waals surface area contributed by atoms with Gasteiger partial charge in [0.25, 0.3) is 5.91 Å². The number of H-pyrrole nitrogens is 1. The maximum absolute atomic E-state index is 11.5. The van der Waals surface area contributed by atoms with Crippen molar-refractivity contribution < 1.29 is 4.79 Å². The molecule has 0 saturated heterocycles. The first-order chi connectivity index (χ1) is 6.66. The third kappa shape index (κ3) is 1.82. The Morgan fingerprint density at radius 3 is 2.86 bits per heavy atom. The van der Waals surface area contributed by atoms with E-state index in [0.29, 0.717) is 0 Å². The maximum atomic E-state index is 11.5. The van der Waals surface area contributed by atoms with Crippen LogP contribution in [0.25, 0.3) is 0 Å². The summed E-state index contributed by atoms with van der Waals surface area (Å²) in [5, 5.41) is 2.71. The number of nitrogens with two attached hydrogens (primary N) is 1. The average molecular weight is 193 g/mol. The number of hydrogen-bond donors (Lipinski definition) is 3. The van der Waals surface area contributed by atoms with E-state index in [0.717, 1.165) is 6.42 Å². The smallest absolute Gasteiger partial charge is 0.268 e. The summed E-state index contributed by atoms with van der Waals surface area (Å²) in [7, 11) is 0. The molecule has 0 aliphatic heterocycles. The second-order valence-corrected chi connectivity index (χ2v) is 3.41. The molecule has 5 nitrogen and oxygen atoms in total. The van der Waals surface area contributed by atoms with Gasteiger partial charge in [-0.15, -0.1) is 0 Å². The summed E-state index contributed by atoms with van der Waals surface area (Å²) in [4.78, 5) is 24.8. The molecule has 1 aliphatic carbocycles. The van der Waals surface area contributed by atoms with Gasteiger partial charge in [0, 0.05) is 18.2 Å². The number of rotatable bonds is 2. The fourth-order valence-corrected chi connectivity index (χ4v) is 1.21. The first-order valence-electron chi connectivity index (χ1n) is 4.42. The number of carbonyl (C=O) groups excluding carboxylic acids is 1. The highest BCUT2D eigenvalue weighted by Gasteiger charge is 2.34. The van der Waals surface area contributed by atoms with E-state index in [-0.39, 0.29) is 29.2 Å². The summed E-state index contributed by atoms with van der Waals surface area (Å²) >= 11 is 0. The van der Waals surface area contributed by atoms with Crippen molar-refractivity contribution in [1.29, 1.82) is 0 Å². The highest BCUT2D eigenvalue weighted by atomic mass is 16.2. The summed E-state index contributed by atoms with van der Waals surface area (Å²) in [6.07, 6.45) is 0.808. The molecule has 14 heavy (non-hydrogen) atoms. The van der Waals surface area contributed by atoms with Gasteiger partial charge in [-0.3, -0.25) is 9.59 Å². The van der Waals surface area contributed by atoms with Crippen LogP contribution in [0.1, 0.15) is 16.9 Å². The highest BCUT2D eigenvalue weighted by molar-refractivity contribution is 5.92. The number of nitrogens with one attached hydrogen (secondary N) is 2. The fourth-order valence-electron chi connectivity index (χ4n) is 1.21. The van der Waals surface area contributed by atoms with Gasteiger partial charge in [-0.2, -0.15) is 0 Å². The summed E-state index contributed by atoms with van der Waals surface area (Å²) in [6, 6.07) is 4.59. The van der Waals surface area contributed by atoms with Crippen molar-refractivity contribution in [1.82, 2.24) is 10.3 Å². The molecule has 4 N–H and O–H groups in total. The first kappa shape index (κ1) is 8.96. The number of aromatic amines is 1. The van der Waals surface area contributed by atoms with Gasteiger partial charge in [0.05, 0.1) is 0 Å². The molecule has 0 radical (unpaired) electrons. The Kier molecular flexibility index (Phi) is 2.09. The van der Waals surface area contributed by atoms with Gasteiger partial charge < -0.3 is 16.0 Å². The molecule has 2 atom stereocenters. The van der Waals surface area contributed by atoms with E-state index in [2.05, 4.69) is 10.3 Å². The molecule has 0 aromatic carbocycles. The molecule has 2 unspecified atom stereocenters. The highest BCUT2D eigenvalue weighted by Crippen LogP contribution is 2.17. The number of amides is 1. The third-order valence-corrected chi connectivity index (χ3v) is 2.17. The van der Waals surface area contributed by atoms with Crippen LogP contribution in [0.5, 0.6) is 0 Å². The van der Waals surface area contributed by atoms with Crippen molar-refractivity contribution in [3.63, 3.8) is 0 Å². The van der Waals surface area contributed by atoms with Crippen molar-refractivity contribution in [3.05, 3.63) is 34.2 Å². The normalized spacial score (nSPS) is 24.4. The Morgan fingerprint density at radius 1 is 1.57 bits per heavy atom. The van der Waals surface area contributed by atoms with Crippen LogP contribution >= 0.6 is 0 Å². The molecular weight excluding hydrogens is 182 g/mol. The second-order valence-electron chi connectivity index (χ2n) is 3.41. The predicted molar refractivity (Wildman–Crippen MR) is 50.9 cm³/mol. The van der Waals surface area contributed by atoms with Crippen LogP contribution in [-0.4, -0.2) is 23.0 Å². The van der Waals surface area contributed by atoms with Crippen molar-refractivity contribution in [3.8, 4) is 0 Å². The number of aromatic nitrogens is 1. The monoisotopic (exact) mass is 193 g/mol. The van der Waals surface area contributed by atoms with Crippen molar-refractivity contribution in [2.45, 2.75) is 18.5 Å². The van der Waals surface area contributed by atoms with Crippen molar-refractivity contribution >= 4 is 5.91 Å². The molecule has 1 heterocycles. The van der Waals surface area contributed by atoms with Crippen LogP contribution in [0.2, 0.25) is 0 Å². The Balaban J connectivity index is 2.07. The molecule has 5 heteroatoms. The molecule has 1 saturated carbocycles. The Hall–Kier alpha value is -1.62. The summed E-state index contributed by atoms with van der Waals surface area (Å²) in [6.45, 7) is 0. The van der Waals surface area contributed by atoms with Gasteiger partial charge in [0.15, 0.2) is 0 Å². The minimum atomic E-state index is -0.280. The van der Waals surface area contributed by atoms with Gasteiger partial charge in [-0.25, -0.2) is 0 Å². The predicted octanol–water partition coefficient (Wildman–Crippen LogP) is -0.796. The zero-order chi connectivity index (χ0) is 10.1. The van der Waals surface area contributed by atoms with E-state index in [1.807, 2.05) is 0 Å². The van der Waals surface area contributed by atoms with Gasteiger partial charge in [-0.05, 0) is 12.5 Å². The molecule has 1 aliphatic rings. The van der Waals surface area contributed by atoms with E-state index in [9.17, 15) is 9.59 Å². The molecule has 74 valence electrons. The minimum absolute atomic E-state index is 0.0613. The molecule has 2 rings (SSSR count). The van der Waals surface area contributed by atoms with Crippen LogP contribution in [0, 0.1) is 0 Å². The lowest BCUT2D eigenvalue weighted by Gasteiger charge is -2.02. The zero-order valence-electron chi connectivity index (χ0n) is 7.49. The largest absolute Gasteiger partial charge is 0.346 e. The Labute approximate surface area is 80.3 Å². The van der Waals surface area contributed by atoms with Crippen LogP contribution in [0.4, 0.5) is 0 Å². The number of carbonyl (C=O) groups is 1. The van der Waals surface area contributed by atoms with E-state index < -0.39 is 0 Å². The van der Waals surface area contributed by atoms with Crippen LogP contribution < -0.4 is 16.6 Å². The lowest BCUT2D eigenvalue weighted by molar-refractivity contribution is 0.0945. The Bertz CT molecular complexity index is 413. The van der Waals surface area contributed by atoms with E-state index in [4.69, 9.17) is 5.73 Å². The van der Waals surface area contributed by atoms with E-state index in [1.165, 1.54) is 6.07 Å². The van der Waals surface area contributed by atoms with Gasteiger partial charge >= 0.3 is 0 Å². The number of hydrogen-bond acceptors (Lipinski definition) is 3. The first-order valence-corrected chi connectivity index (χ1v) is 4.42. The average Bonchev–Trinajstić information content (AvgIpc) is 2.81. The molecule has 1 aromatic rings. The fraction of sp³-hybridized carbons (Fsp3) is 0.333. The molecule has 0 bridgehead atoms. The van der Waals surface area contributed by atoms with Gasteiger partial charge in [0.2, 0.25) is 5.56 Å². The van der Waals surface area contributed by atoms with Crippen LogP contribution in [-0.2, 0) is 0 Å². The van der Waals surface area contributed by atoms with Crippen LogP contribution in [0.15, 0.2) is 23.0 Å². The summed E-state index contributed by atoms with van der Waals surface area (Å²) < 4.78 is 0. The quantitative estimate of drug-likeness (QED) is 0.574. The summed E-state index contributed by atoms with van der Waals surface area (Å²) in [5.74, 6) is -0.277. The van der Waals surface area contributed by atoms with Gasteiger partial charge in [-0.1, -0.05) is 6.07 Å². The molecule has 1 fully saturated rings. The lowest BCUT2D eigenvalue weighted by atomic mass is 10.3. The Morgan fingerprint density at radius 2 is 2.29 bits per heavy atom. The number of pyridine rings is 1. The second kappa shape index (κ2) is 3.26. The standard InChI is InChI=1S/C9H11N3O2/c10-5-4-7(5)12-9(14)6-2-1-3-8(13)11-6/h1-3,5,7H,4,10H2,(H,11,13)(H,12,14). The topological polar surface area (TPSA) is 88.0 Å². The van der Waals surface area contributed by atoms with Crippen molar-refractivity contribution in [2.24, 2.45) is 5.73 Å². The lowest BCUT2D eigenvalue weighted by Crippen LogP contribution is -2.31. The SMILES string of the molecule is NC1CC1NC(=O)c1cccc(=O)[nH]1. The zero-order valence-corrected chi connectivity index (χ0v) is 7.49. The molecule has 1 aromatic heterocycles. The molecular formula is C9H11N3O2. The van der Waals surface area contributed by atoms with E-state index >= 15 is 0 Å². The molecule has 0 spiro atoms. The minimum Gasteiger partial charge on any atom is -0.346 e. The molecule has 1 amide bonds. The maximum Gasteiger partial charge on any atom is 0.268 e. The van der Waals surface area contributed by atoms with E-state index in [1.54, 1.807) is 12.1 Å². The van der Waals surface area contributed by atoms with Crippen molar-refractivity contribution in [2.75, 3.05) is 0 Å².